The molecule has 3 heterocycles. The topological polar surface area (TPSA) is 66.5 Å². The quantitative estimate of drug-likeness (QED) is 0.591. The van der Waals surface area contributed by atoms with E-state index >= 15 is 0 Å². The number of nitrogens with zero attached hydrogens (tertiary/aromatic N) is 3. The third-order valence-corrected chi connectivity index (χ3v) is 8.23. The zero-order valence-electron chi connectivity index (χ0n) is 22.7. The fraction of sp³-hybridized carbons (Fsp3) is 0.552. The van der Waals surface area contributed by atoms with Gasteiger partial charge in [0, 0.05) is 56.6 Å². The van der Waals surface area contributed by atoms with Crippen LogP contribution < -0.4 is 19.8 Å². The Kier molecular flexibility index (Phi) is 8.35. The molecule has 38 heavy (non-hydrogen) atoms. The van der Waals surface area contributed by atoms with E-state index in [1.807, 2.05) is 17.1 Å². The Bertz CT molecular complexity index is 1140. The number of carbonyl (C=O) groups excluding carboxylic acids is 1. The number of benzene rings is 2. The maximum Gasteiger partial charge on any atom is 0.272 e. The van der Waals surface area contributed by atoms with E-state index in [1.165, 1.54) is 30.7 Å². The molecule has 5 rings (SSSR count). The Morgan fingerprint density at radius 2 is 1.87 bits per heavy atom. The average molecular weight is 527 g/mol. The van der Waals surface area contributed by atoms with Crippen LogP contribution in [0.15, 0.2) is 30.3 Å². The fourth-order valence-corrected chi connectivity index (χ4v) is 6.02. The van der Waals surface area contributed by atoms with Crippen molar-refractivity contribution in [3.05, 3.63) is 52.8 Å². The number of fused-ring (bicyclic) bond motifs is 1. The minimum absolute atomic E-state index is 0.0153. The predicted octanol–water partition coefficient (Wildman–Crippen LogP) is 3.61. The Morgan fingerprint density at radius 3 is 2.66 bits per heavy atom. The van der Waals surface area contributed by atoms with E-state index in [0.717, 1.165) is 49.5 Å². The lowest BCUT2D eigenvalue weighted by Crippen LogP contribution is -2.56. The van der Waals surface area contributed by atoms with Crippen LogP contribution in [0.1, 0.15) is 42.0 Å². The molecule has 2 aromatic carbocycles. The number of methoxy groups -OCH3 is 1. The summed E-state index contributed by atoms with van der Waals surface area (Å²) in [4.78, 5) is 17.4. The van der Waals surface area contributed by atoms with Crippen LogP contribution in [-0.2, 0) is 9.53 Å². The SMILES string of the molecule is COc1cc(N2CCN3[C@@H](CCC[C@@H]3c3ccc(OCC(=O)NN4CCOCC4)c(C)c3C)C2)ccc1F. The summed E-state index contributed by atoms with van der Waals surface area (Å²) in [6, 6.07) is 10.1. The zero-order chi connectivity index (χ0) is 26.6. The van der Waals surface area contributed by atoms with E-state index in [1.54, 1.807) is 6.07 Å². The van der Waals surface area contributed by atoms with Crippen molar-refractivity contribution in [3.63, 3.8) is 0 Å². The Labute approximate surface area is 224 Å². The first-order chi connectivity index (χ1) is 18.4. The molecule has 0 bridgehead atoms. The molecule has 3 fully saturated rings. The molecule has 3 aliphatic heterocycles. The summed E-state index contributed by atoms with van der Waals surface area (Å²) in [6.45, 7) is 9.61. The molecular formula is C29H39FN4O4. The summed E-state index contributed by atoms with van der Waals surface area (Å²) < 4.78 is 30.4. The van der Waals surface area contributed by atoms with Crippen LogP contribution in [0.4, 0.5) is 10.1 Å². The third kappa shape index (κ3) is 5.75. The van der Waals surface area contributed by atoms with Gasteiger partial charge in [0.05, 0.1) is 20.3 Å². The number of hydrazine groups is 1. The van der Waals surface area contributed by atoms with Crippen molar-refractivity contribution in [1.29, 1.82) is 0 Å². The number of hydrogen-bond donors (Lipinski definition) is 1. The molecule has 0 aliphatic carbocycles. The number of carbonyl (C=O) groups is 1. The van der Waals surface area contributed by atoms with Crippen LogP contribution in [0.2, 0.25) is 0 Å². The van der Waals surface area contributed by atoms with Gasteiger partial charge >= 0.3 is 0 Å². The van der Waals surface area contributed by atoms with Gasteiger partial charge < -0.3 is 19.1 Å². The van der Waals surface area contributed by atoms with Crippen LogP contribution in [-0.4, -0.2) is 81.5 Å². The van der Waals surface area contributed by atoms with Gasteiger partial charge in [-0.25, -0.2) is 9.40 Å². The van der Waals surface area contributed by atoms with E-state index in [0.29, 0.717) is 44.1 Å². The number of morpholine rings is 1. The molecule has 0 spiro atoms. The molecule has 1 amide bonds. The number of halogens is 1. The van der Waals surface area contributed by atoms with Gasteiger partial charge in [-0.1, -0.05) is 6.07 Å². The lowest BCUT2D eigenvalue weighted by atomic mass is 9.86. The van der Waals surface area contributed by atoms with Crippen molar-refractivity contribution in [2.45, 2.75) is 45.2 Å². The van der Waals surface area contributed by atoms with Crippen molar-refractivity contribution >= 4 is 11.6 Å². The molecule has 0 radical (unpaired) electrons. The lowest BCUT2D eigenvalue weighted by Gasteiger charge is -2.49. The van der Waals surface area contributed by atoms with Crippen LogP contribution in [0.5, 0.6) is 11.5 Å². The Morgan fingerprint density at radius 1 is 1.05 bits per heavy atom. The number of piperidine rings is 1. The van der Waals surface area contributed by atoms with Crippen molar-refractivity contribution in [3.8, 4) is 11.5 Å². The lowest BCUT2D eigenvalue weighted by molar-refractivity contribution is -0.130. The first kappa shape index (κ1) is 26.7. The van der Waals surface area contributed by atoms with Gasteiger partial charge in [0.2, 0.25) is 0 Å². The zero-order valence-corrected chi connectivity index (χ0v) is 22.7. The highest BCUT2D eigenvalue weighted by molar-refractivity contribution is 5.77. The van der Waals surface area contributed by atoms with Crippen molar-refractivity contribution in [2.75, 3.05) is 64.6 Å². The number of hydrogen-bond acceptors (Lipinski definition) is 7. The van der Waals surface area contributed by atoms with Gasteiger partial charge in [0.1, 0.15) is 5.75 Å². The highest BCUT2D eigenvalue weighted by Crippen LogP contribution is 2.40. The van der Waals surface area contributed by atoms with E-state index in [4.69, 9.17) is 14.2 Å². The number of nitrogens with one attached hydrogen (secondary N) is 1. The molecular weight excluding hydrogens is 487 g/mol. The molecule has 0 saturated carbocycles. The smallest absolute Gasteiger partial charge is 0.272 e. The van der Waals surface area contributed by atoms with Gasteiger partial charge in [-0.3, -0.25) is 15.1 Å². The number of anilines is 1. The number of ether oxygens (including phenoxy) is 3. The summed E-state index contributed by atoms with van der Waals surface area (Å²) in [5, 5.41) is 1.88. The van der Waals surface area contributed by atoms with Crippen LogP contribution in [0.25, 0.3) is 0 Å². The van der Waals surface area contributed by atoms with Gasteiger partial charge in [-0.2, -0.15) is 0 Å². The second kappa shape index (κ2) is 11.9. The average Bonchev–Trinajstić information content (AvgIpc) is 2.94. The Balaban J connectivity index is 1.23. The summed E-state index contributed by atoms with van der Waals surface area (Å²) >= 11 is 0. The standard InChI is InChI=1S/C29H39FN4O4/c1-20-21(2)27(38-19-29(35)31-33-13-15-37-16-14-33)10-8-24(20)26-6-4-5-23-18-32(11-12-34(23)26)22-7-9-25(30)28(17-22)36-3/h7-10,17,23,26H,4-6,11-16,18-19H2,1-3H3,(H,31,35)/t23-,26+/m0/s1. The molecule has 3 saturated heterocycles. The molecule has 2 atom stereocenters. The van der Waals surface area contributed by atoms with Crippen LogP contribution >= 0.6 is 0 Å². The van der Waals surface area contributed by atoms with Crippen LogP contribution in [0, 0.1) is 19.7 Å². The molecule has 8 nitrogen and oxygen atoms in total. The largest absolute Gasteiger partial charge is 0.494 e. The van der Waals surface area contributed by atoms with Gasteiger partial charge in [-0.05, 0) is 68.0 Å². The van der Waals surface area contributed by atoms with Gasteiger partial charge in [0.15, 0.2) is 18.2 Å². The van der Waals surface area contributed by atoms with Gasteiger partial charge in [-0.15, -0.1) is 0 Å². The minimum Gasteiger partial charge on any atom is -0.494 e. The second-order valence-electron chi connectivity index (χ2n) is 10.4. The van der Waals surface area contributed by atoms with E-state index in [-0.39, 0.29) is 18.3 Å². The van der Waals surface area contributed by atoms with Crippen molar-refractivity contribution < 1.29 is 23.4 Å². The summed E-state index contributed by atoms with van der Waals surface area (Å²) in [5.74, 6) is 0.563. The summed E-state index contributed by atoms with van der Waals surface area (Å²) in [7, 11) is 1.51. The first-order valence-electron chi connectivity index (χ1n) is 13.6. The number of amides is 1. The van der Waals surface area contributed by atoms with E-state index < -0.39 is 0 Å². The highest BCUT2D eigenvalue weighted by Gasteiger charge is 2.36. The maximum atomic E-state index is 13.9. The third-order valence-electron chi connectivity index (χ3n) is 8.23. The molecule has 0 aromatic heterocycles. The molecule has 2 aromatic rings. The molecule has 206 valence electrons. The fourth-order valence-electron chi connectivity index (χ4n) is 6.02. The monoisotopic (exact) mass is 526 g/mol. The normalized spacial score (nSPS) is 22.6. The predicted molar refractivity (Wildman–Crippen MR) is 144 cm³/mol. The second-order valence-corrected chi connectivity index (χ2v) is 10.4. The van der Waals surface area contributed by atoms with Crippen molar-refractivity contribution in [1.82, 2.24) is 15.3 Å². The summed E-state index contributed by atoms with van der Waals surface area (Å²) in [5.41, 5.74) is 7.56. The van der Waals surface area contributed by atoms with Crippen molar-refractivity contribution in [2.24, 2.45) is 0 Å². The number of piperazine rings is 1. The van der Waals surface area contributed by atoms with E-state index in [2.05, 4.69) is 35.1 Å². The van der Waals surface area contributed by atoms with E-state index in [9.17, 15) is 9.18 Å². The number of rotatable bonds is 7. The molecule has 0 unspecified atom stereocenters. The summed E-state index contributed by atoms with van der Waals surface area (Å²) in [6.07, 6.45) is 3.46. The molecule has 3 aliphatic rings. The molecule has 1 N–H and O–H groups in total. The maximum absolute atomic E-state index is 13.9. The van der Waals surface area contributed by atoms with Gasteiger partial charge in [0.25, 0.3) is 5.91 Å². The molecule has 9 heteroatoms. The minimum atomic E-state index is -0.330. The highest BCUT2D eigenvalue weighted by atomic mass is 19.1. The van der Waals surface area contributed by atoms with Crippen LogP contribution in [0.3, 0.4) is 0 Å². The Hall–Kier alpha value is -2.88. The first-order valence-corrected chi connectivity index (χ1v) is 13.6.